The van der Waals surface area contributed by atoms with E-state index in [0.29, 0.717) is 19.4 Å². The Bertz CT molecular complexity index is 605. The average Bonchev–Trinajstić information content (AvgIpc) is 2.87. The van der Waals surface area contributed by atoms with E-state index < -0.39 is 17.3 Å². The van der Waals surface area contributed by atoms with Crippen molar-refractivity contribution in [1.29, 1.82) is 5.26 Å². The summed E-state index contributed by atoms with van der Waals surface area (Å²) >= 11 is 0. The number of carbonyl (C=O) groups excluding carboxylic acids is 2. The van der Waals surface area contributed by atoms with Gasteiger partial charge in [0.25, 0.3) is 0 Å². The number of hydrogen-bond donors (Lipinski definition) is 0. The lowest BCUT2D eigenvalue weighted by Crippen LogP contribution is -2.36. The van der Waals surface area contributed by atoms with Crippen LogP contribution in [0.3, 0.4) is 0 Å². The minimum atomic E-state index is -2.72. The van der Waals surface area contributed by atoms with Gasteiger partial charge in [-0.05, 0) is 25.2 Å². The first-order valence-corrected chi connectivity index (χ1v) is 8.35. The highest BCUT2D eigenvalue weighted by atomic mass is 19.3. The fraction of sp³-hybridized carbons (Fsp3) is 0.722. The van der Waals surface area contributed by atoms with Crippen LogP contribution in [0.2, 0.25) is 0 Å². The van der Waals surface area contributed by atoms with Crippen molar-refractivity contribution < 1.29 is 18.4 Å². The van der Waals surface area contributed by atoms with E-state index >= 15 is 0 Å². The number of Topliss-reactive ketones (excluding diaryl/α,β-unsaturated/α-hetero) is 1. The number of alkyl halides is 2. The summed E-state index contributed by atoms with van der Waals surface area (Å²) in [5.74, 6) is -3.66. The minimum Gasteiger partial charge on any atom is -0.345 e. The zero-order valence-corrected chi connectivity index (χ0v) is 14.4. The number of hydrogen-bond acceptors (Lipinski definition) is 3. The number of allylic oxidation sites excluding steroid dienone is 2. The van der Waals surface area contributed by atoms with Crippen LogP contribution in [0.15, 0.2) is 11.6 Å². The zero-order valence-electron chi connectivity index (χ0n) is 14.4. The van der Waals surface area contributed by atoms with E-state index in [2.05, 4.69) is 0 Å². The van der Waals surface area contributed by atoms with Crippen molar-refractivity contribution in [2.24, 2.45) is 17.3 Å². The van der Waals surface area contributed by atoms with E-state index in [1.807, 2.05) is 19.9 Å². The molecule has 2 rings (SSSR count). The van der Waals surface area contributed by atoms with Crippen molar-refractivity contribution >= 4 is 11.7 Å². The van der Waals surface area contributed by atoms with E-state index in [4.69, 9.17) is 5.26 Å². The van der Waals surface area contributed by atoms with Crippen molar-refractivity contribution in [2.45, 2.75) is 51.9 Å². The van der Waals surface area contributed by atoms with Crippen LogP contribution in [0.5, 0.6) is 0 Å². The van der Waals surface area contributed by atoms with Gasteiger partial charge in [-0.25, -0.2) is 8.78 Å². The Labute approximate surface area is 141 Å². The lowest BCUT2D eigenvalue weighted by atomic mass is 9.71. The van der Waals surface area contributed by atoms with Gasteiger partial charge in [0.05, 0.1) is 5.57 Å². The third kappa shape index (κ3) is 4.00. The molecule has 132 valence electrons. The summed E-state index contributed by atoms with van der Waals surface area (Å²) < 4.78 is 26.5. The second kappa shape index (κ2) is 6.62. The van der Waals surface area contributed by atoms with Gasteiger partial charge in [-0.2, -0.15) is 5.26 Å². The van der Waals surface area contributed by atoms with Gasteiger partial charge < -0.3 is 4.90 Å². The van der Waals surface area contributed by atoms with Crippen LogP contribution in [0.25, 0.3) is 0 Å². The Morgan fingerprint density at radius 3 is 2.62 bits per heavy atom. The highest BCUT2D eigenvalue weighted by Gasteiger charge is 2.43. The standard InChI is InChI=1S/C18H24F2N2O2/c1-17(2)9-12(8-14(11-21)15(17)23)5-7-22(3)16(24)13-4-6-18(19,20)10-13/h8,12-13H,4-7,9-10H2,1-3H3/t12-,13?/m1/s1. The quantitative estimate of drug-likeness (QED) is 0.790. The van der Waals surface area contributed by atoms with Gasteiger partial charge in [0.1, 0.15) is 6.07 Å². The van der Waals surface area contributed by atoms with Gasteiger partial charge in [-0.1, -0.05) is 19.9 Å². The molecule has 4 nitrogen and oxygen atoms in total. The molecule has 6 heteroatoms. The van der Waals surface area contributed by atoms with Gasteiger partial charge in [0, 0.05) is 37.8 Å². The van der Waals surface area contributed by atoms with Crippen LogP contribution >= 0.6 is 0 Å². The maximum absolute atomic E-state index is 13.3. The van der Waals surface area contributed by atoms with E-state index in [1.54, 1.807) is 13.1 Å². The van der Waals surface area contributed by atoms with Crippen LogP contribution in [0.4, 0.5) is 8.78 Å². The van der Waals surface area contributed by atoms with E-state index in [-0.39, 0.29) is 42.4 Å². The number of nitrogens with zero attached hydrogens (tertiary/aromatic N) is 2. The monoisotopic (exact) mass is 338 g/mol. The molecule has 0 spiro atoms. The highest BCUT2D eigenvalue weighted by molar-refractivity contribution is 6.03. The first kappa shape index (κ1) is 18.6. The molecule has 0 aromatic carbocycles. The van der Waals surface area contributed by atoms with E-state index in [9.17, 15) is 18.4 Å². The SMILES string of the molecule is CN(CC[C@@H]1C=C(C#N)C(=O)C(C)(C)C1)C(=O)C1CCC(F)(F)C1. The van der Waals surface area contributed by atoms with Crippen molar-refractivity contribution in [1.82, 2.24) is 4.90 Å². The summed E-state index contributed by atoms with van der Waals surface area (Å²) in [7, 11) is 1.63. The fourth-order valence-corrected chi connectivity index (χ4v) is 3.70. The second-order valence-corrected chi connectivity index (χ2v) is 7.71. The lowest BCUT2D eigenvalue weighted by molar-refractivity contribution is -0.135. The Morgan fingerprint density at radius 1 is 1.42 bits per heavy atom. The maximum atomic E-state index is 13.3. The largest absolute Gasteiger partial charge is 0.345 e. The molecule has 0 aliphatic heterocycles. The van der Waals surface area contributed by atoms with Crippen LogP contribution in [0.1, 0.15) is 46.0 Å². The van der Waals surface area contributed by atoms with Gasteiger partial charge in [-0.3, -0.25) is 9.59 Å². The lowest BCUT2D eigenvalue weighted by Gasteiger charge is -2.32. The summed E-state index contributed by atoms with van der Waals surface area (Å²) in [6, 6.07) is 1.95. The van der Waals surface area contributed by atoms with Crippen molar-refractivity contribution in [2.75, 3.05) is 13.6 Å². The molecule has 2 aliphatic rings. The Morgan fingerprint density at radius 2 is 2.08 bits per heavy atom. The molecular weight excluding hydrogens is 314 g/mol. The van der Waals surface area contributed by atoms with Crippen molar-refractivity contribution in [3.63, 3.8) is 0 Å². The molecule has 1 amide bonds. The topological polar surface area (TPSA) is 61.2 Å². The molecule has 0 heterocycles. The minimum absolute atomic E-state index is 0.0348. The number of halogens is 2. The molecule has 1 saturated carbocycles. The molecule has 2 atom stereocenters. The number of ketones is 1. The summed E-state index contributed by atoms with van der Waals surface area (Å²) in [6.07, 6.45) is 2.59. The molecule has 0 radical (unpaired) electrons. The third-order valence-electron chi connectivity index (χ3n) is 5.12. The number of carbonyl (C=O) groups is 2. The molecule has 1 fully saturated rings. The van der Waals surface area contributed by atoms with E-state index in [1.165, 1.54) is 4.90 Å². The summed E-state index contributed by atoms with van der Waals surface area (Å²) in [4.78, 5) is 25.9. The van der Waals surface area contributed by atoms with Gasteiger partial charge >= 0.3 is 0 Å². The Hall–Kier alpha value is -1.77. The average molecular weight is 338 g/mol. The fourth-order valence-electron chi connectivity index (χ4n) is 3.70. The van der Waals surface area contributed by atoms with Gasteiger partial charge in [-0.15, -0.1) is 0 Å². The molecule has 0 saturated heterocycles. The van der Waals surface area contributed by atoms with Crippen LogP contribution in [-0.4, -0.2) is 36.1 Å². The molecule has 0 bridgehead atoms. The maximum Gasteiger partial charge on any atom is 0.248 e. The smallest absolute Gasteiger partial charge is 0.248 e. The van der Waals surface area contributed by atoms with E-state index in [0.717, 1.165) is 0 Å². The van der Waals surface area contributed by atoms with Crippen LogP contribution in [-0.2, 0) is 9.59 Å². The first-order chi connectivity index (χ1) is 11.1. The molecule has 0 N–H and O–H groups in total. The number of rotatable bonds is 4. The Balaban J connectivity index is 1.93. The van der Waals surface area contributed by atoms with Crippen molar-refractivity contribution in [3.05, 3.63) is 11.6 Å². The first-order valence-electron chi connectivity index (χ1n) is 8.35. The number of amides is 1. The third-order valence-corrected chi connectivity index (χ3v) is 5.12. The van der Waals surface area contributed by atoms with Crippen LogP contribution < -0.4 is 0 Å². The molecular formula is C18H24F2N2O2. The number of nitriles is 1. The Kier molecular flexibility index (Phi) is 5.12. The normalized spacial score (nSPS) is 28.2. The molecule has 24 heavy (non-hydrogen) atoms. The molecule has 0 aromatic heterocycles. The molecule has 1 unspecified atom stereocenters. The van der Waals surface area contributed by atoms with Crippen LogP contribution in [0, 0.1) is 28.6 Å². The molecule has 0 aromatic rings. The van der Waals surface area contributed by atoms with Gasteiger partial charge in [0.15, 0.2) is 5.78 Å². The molecule has 2 aliphatic carbocycles. The van der Waals surface area contributed by atoms with Crippen molar-refractivity contribution in [3.8, 4) is 6.07 Å². The zero-order chi connectivity index (χ0) is 18.1. The summed E-state index contributed by atoms with van der Waals surface area (Å²) in [5.41, 5.74) is -0.402. The second-order valence-electron chi connectivity index (χ2n) is 7.71. The van der Waals surface area contributed by atoms with Gasteiger partial charge in [0.2, 0.25) is 11.8 Å². The summed E-state index contributed by atoms with van der Waals surface area (Å²) in [6.45, 7) is 4.08. The highest BCUT2D eigenvalue weighted by Crippen LogP contribution is 2.40. The summed E-state index contributed by atoms with van der Waals surface area (Å²) in [5, 5.41) is 9.10. The predicted octanol–water partition coefficient (Wildman–Crippen LogP) is 3.34. The predicted molar refractivity (Wildman–Crippen MR) is 85.1 cm³/mol.